The van der Waals surface area contributed by atoms with E-state index in [9.17, 15) is 0 Å². The lowest BCUT2D eigenvalue weighted by Gasteiger charge is -2.16. The van der Waals surface area contributed by atoms with Crippen LogP contribution in [0.5, 0.6) is 0 Å². The van der Waals surface area contributed by atoms with Crippen molar-refractivity contribution in [2.75, 3.05) is 19.0 Å². The molecule has 1 N–H and O–H groups in total. The second-order valence-corrected chi connectivity index (χ2v) is 4.38. The van der Waals surface area contributed by atoms with Crippen molar-refractivity contribution in [2.45, 2.75) is 19.9 Å². The number of anilines is 1. The van der Waals surface area contributed by atoms with Gasteiger partial charge in [-0.05, 0) is 37.6 Å². The lowest BCUT2D eigenvalue weighted by atomic mass is 10.2. The molecular formula is C11H16BrNO. The number of benzene rings is 1. The van der Waals surface area contributed by atoms with E-state index in [1.165, 1.54) is 5.56 Å². The van der Waals surface area contributed by atoms with Crippen molar-refractivity contribution < 1.29 is 4.74 Å². The molecule has 0 bridgehead atoms. The Bertz CT molecular complexity index is 301. The predicted octanol–water partition coefficient (Wildman–Crippen LogP) is 3.20. The highest BCUT2D eigenvalue weighted by molar-refractivity contribution is 9.10. The van der Waals surface area contributed by atoms with Gasteiger partial charge in [0.2, 0.25) is 0 Å². The minimum absolute atomic E-state index is 0.333. The molecule has 0 aliphatic carbocycles. The highest BCUT2D eigenvalue weighted by Gasteiger charge is 2.03. The first-order valence-electron chi connectivity index (χ1n) is 4.65. The van der Waals surface area contributed by atoms with Crippen molar-refractivity contribution in [3.8, 4) is 0 Å². The SMILES string of the molecule is COCC(C)Nc1ccc(Br)cc1C. The molecule has 14 heavy (non-hydrogen) atoms. The summed E-state index contributed by atoms with van der Waals surface area (Å²) in [6.45, 7) is 4.91. The number of halogens is 1. The minimum atomic E-state index is 0.333. The van der Waals surface area contributed by atoms with Crippen molar-refractivity contribution in [2.24, 2.45) is 0 Å². The molecule has 1 aromatic carbocycles. The van der Waals surface area contributed by atoms with E-state index in [1.54, 1.807) is 7.11 Å². The Morgan fingerprint density at radius 2 is 2.21 bits per heavy atom. The maximum Gasteiger partial charge on any atom is 0.0661 e. The zero-order valence-electron chi connectivity index (χ0n) is 8.80. The summed E-state index contributed by atoms with van der Waals surface area (Å²) in [5.41, 5.74) is 2.40. The highest BCUT2D eigenvalue weighted by Crippen LogP contribution is 2.20. The quantitative estimate of drug-likeness (QED) is 0.895. The average molecular weight is 258 g/mol. The van der Waals surface area contributed by atoms with E-state index in [-0.39, 0.29) is 0 Å². The Kier molecular flexibility index (Phi) is 4.42. The fourth-order valence-electron chi connectivity index (χ4n) is 1.35. The van der Waals surface area contributed by atoms with Gasteiger partial charge in [-0.25, -0.2) is 0 Å². The van der Waals surface area contributed by atoms with Crippen LogP contribution in [0.15, 0.2) is 22.7 Å². The van der Waals surface area contributed by atoms with E-state index in [2.05, 4.69) is 47.2 Å². The Balaban J connectivity index is 2.67. The molecule has 2 nitrogen and oxygen atoms in total. The van der Waals surface area contributed by atoms with E-state index >= 15 is 0 Å². The zero-order valence-corrected chi connectivity index (χ0v) is 10.4. The van der Waals surface area contributed by atoms with Crippen molar-refractivity contribution in [3.05, 3.63) is 28.2 Å². The smallest absolute Gasteiger partial charge is 0.0661 e. The summed E-state index contributed by atoms with van der Waals surface area (Å²) < 4.78 is 6.18. The first kappa shape index (κ1) is 11.5. The summed E-state index contributed by atoms with van der Waals surface area (Å²) in [6.07, 6.45) is 0. The fraction of sp³-hybridized carbons (Fsp3) is 0.455. The third kappa shape index (κ3) is 3.31. The van der Waals surface area contributed by atoms with Crippen molar-refractivity contribution >= 4 is 21.6 Å². The van der Waals surface area contributed by atoms with Gasteiger partial charge in [-0.2, -0.15) is 0 Å². The zero-order chi connectivity index (χ0) is 10.6. The lowest BCUT2D eigenvalue weighted by Crippen LogP contribution is -2.21. The summed E-state index contributed by atoms with van der Waals surface area (Å²) in [5.74, 6) is 0. The van der Waals surface area contributed by atoms with Gasteiger partial charge in [-0.15, -0.1) is 0 Å². The van der Waals surface area contributed by atoms with Crippen LogP contribution in [0.1, 0.15) is 12.5 Å². The molecule has 1 aromatic rings. The van der Waals surface area contributed by atoms with Gasteiger partial charge in [0, 0.05) is 23.3 Å². The number of methoxy groups -OCH3 is 1. The van der Waals surface area contributed by atoms with Gasteiger partial charge >= 0.3 is 0 Å². The molecular weight excluding hydrogens is 242 g/mol. The van der Waals surface area contributed by atoms with Gasteiger partial charge in [0.25, 0.3) is 0 Å². The van der Waals surface area contributed by atoms with Crippen molar-refractivity contribution in [3.63, 3.8) is 0 Å². The van der Waals surface area contributed by atoms with Crippen LogP contribution >= 0.6 is 15.9 Å². The molecule has 1 atom stereocenters. The van der Waals surface area contributed by atoms with Crippen LogP contribution in [0.4, 0.5) is 5.69 Å². The molecule has 0 radical (unpaired) electrons. The Morgan fingerprint density at radius 1 is 1.50 bits per heavy atom. The second-order valence-electron chi connectivity index (χ2n) is 3.46. The summed E-state index contributed by atoms with van der Waals surface area (Å²) >= 11 is 3.44. The van der Waals surface area contributed by atoms with Gasteiger partial charge in [-0.3, -0.25) is 0 Å². The van der Waals surface area contributed by atoms with Gasteiger partial charge < -0.3 is 10.1 Å². The standard InChI is InChI=1S/C11H16BrNO/c1-8-6-10(12)4-5-11(8)13-9(2)7-14-3/h4-6,9,13H,7H2,1-3H3. The first-order valence-corrected chi connectivity index (χ1v) is 5.44. The molecule has 0 heterocycles. The molecule has 0 aliphatic rings. The maximum atomic E-state index is 5.07. The van der Waals surface area contributed by atoms with Crippen LogP contribution < -0.4 is 5.32 Å². The lowest BCUT2D eigenvalue weighted by molar-refractivity contribution is 0.190. The van der Waals surface area contributed by atoms with E-state index in [1.807, 2.05) is 6.07 Å². The first-order chi connectivity index (χ1) is 6.63. The Labute approximate surface area is 93.8 Å². The fourth-order valence-corrected chi connectivity index (χ4v) is 1.82. The van der Waals surface area contributed by atoms with E-state index in [0.717, 1.165) is 16.8 Å². The van der Waals surface area contributed by atoms with Crippen LogP contribution in [-0.4, -0.2) is 19.8 Å². The molecule has 0 aliphatic heterocycles. The van der Waals surface area contributed by atoms with Crippen LogP contribution in [0, 0.1) is 6.92 Å². The third-order valence-corrected chi connectivity index (χ3v) is 2.50. The number of rotatable bonds is 4. The number of ether oxygens (including phenoxy) is 1. The van der Waals surface area contributed by atoms with E-state index in [0.29, 0.717) is 6.04 Å². The third-order valence-electron chi connectivity index (χ3n) is 2.01. The summed E-state index contributed by atoms with van der Waals surface area (Å²) in [4.78, 5) is 0. The van der Waals surface area contributed by atoms with Crippen LogP contribution in [0.25, 0.3) is 0 Å². The number of hydrogen-bond donors (Lipinski definition) is 1. The largest absolute Gasteiger partial charge is 0.383 e. The van der Waals surface area contributed by atoms with Gasteiger partial charge in [0.05, 0.1) is 6.61 Å². The van der Waals surface area contributed by atoms with Gasteiger partial charge in [0.1, 0.15) is 0 Å². The molecule has 0 saturated heterocycles. The molecule has 0 aromatic heterocycles. The molecule has 0 fully saturated rings. The van der Waals surface area contributed by atoms with E-state index in [4.69, 9.17) is 4.74 Å². The van der Waals surface area contributed by atoms with Crippen LogP contribution in [0.3, 0.4) is 0 Å². The van der Waals surface area contributed by atoms with Gasteiger partial charge in [-0.1, -0.05) is 15.9 Å². The Hall–Kier alpha value is -0.540. The molecule has 3 heteroatoms. The second kappa shape index (κ2) is 5.37. The molecule has 0 amide bonds. The molecule has 1 rings (SSSR count). The average Bonchev–Trinajstić information content (AvgIpc) is 2.10. The minimum Gasteiger partial charge on any atom is -0.383 e. The Morgan fingerprint density at radius 3 is 2.79 bits per heavy atom. The van der Waals surface area contributed by atoms with Crippen LogP contribution in [0.2, 0.25) is 0 Å². The van der Waals surface area contributed by atoms with Crippen molar-refractivity contribution in [1.82, 2.24) is 0 Å². The number of hydrogen-bond acceptors (Lipinski definition) is 2. The maximum absolute atomic E-state index is 5.07. The molecule has 78 valence electrons. The predicted molar refractivity (Wildman–Crippen MR) is 63.8 cm³/mol. The monoisotopic (exact) mass is 257 g/mol. The number of aryl methyl sites for hydroxylation is 1. The highest BCUT2D eigenvalue weighted by atomic mass is 79.9. The topological polar surface area (TPSA) is 21.3 Å². The summed E-state index contributed by atoms with van der Waals surface area (Å²) in [6, 6.07) is 6.54. The van der Waals surface area contributed by atoms with Gasteiger partial charge in [0.15, 0.2) is 0 Å². The summed E-state index contributed by atoms with van der Waals surface area (Å²) in [7, 11) is 1.71. The molecule has 1 unspecified atom stereocenters. The molecule has 0 spiro atoms. The van der Waals surface area contributed by atoms with Crippen molar-refractivity contribution in [1.29, 1.82) is 0 Å². The normalized spacial score (nSPS) is 12.6. The number of nitrogens with one attached hydrogen (secondary N) is 1. The molecule has 0 saturated carbocycles. The van der Waals surface area contributed by atoms with Crippen LogP contribution in [-0.2, 0) is 4.74 Å². The van der Waals surface area contributed by atoms with E-state index < -0.39 is 0 Å². The summed E-state index contributed by atoms with van der Waals surface area (Å²) in [5, 5.41) is 3.39.